The summed E-state index contributed by atoms with van der Waals surface area (Å²) < 4.78 is 5.80. The Kier molecular flexibility index (Phi) is 4.86. The molecule has 1 rings (SSSR count). The van der Waals surface area contributed by atoms with Gasteiger partial charge in [0.15, 0.2) is 0 Å². The standard InChI is InChI=1S/C15H25NO/c1-12(2)10-17-14-9-7-6-8-13(14)16-11-15(3,4)5/h6-9,12,16H,10-11H2,1-5H3. The second kappa shape index (κ2) is 5.95. The summed E-state index contributed by atoms with van der Waals surface area (Å²) in [7, 11) is 0. The Morgan fingerprint density at radius 2 is 1.82 bits per heavy atom. The van der Waals surface area contributed by atoms with Crippen molar-refractivity contribution in [1.82, 2.24) is 0 Å². The van der Waals surface area contributed by atoms with Gasteiger partial charge in [0, 0.05) is 6.54 Å². The summed E-state index contributed by atoms with van der Waals surface area (Å²) in [6, 6.07) is 8.14. The van der Waals surface area contributed by atoms with Crippen LogP contribution in [0.3, 0.4) is 0 Å². The summed E-state index contributed by atoms with van der Waals surface area (Å²) in [4.78, 5) is 0. The highest BCUT2D eigenvalue weighted by atomic mass is 16.5. The van der Waals surface area contributed by atoms with E-state index < -0.39 is 0 Å². The highest BCUT2D eigenvalue weighted by molar-refractivity contribution is 5.56. The summed E-state index contributed by atoms with van der Waals surface area (Å²) in [5.74, 6) is 1.50. The fraction of sp³-hybridized carbons (Fsp3) is 0.600. The Bertz CT molecular complexity index is 339. The first-order valence-electron chi connectivity index (χ1n) is 6.34. The number of para-hydroxylation sites is 2. The summed E-state index contributed by atoms with van der Waals surface area (Å²) in [5.41, 5.74) is 1.36. The van der Waals surface area contributed by atoms with Crippen molar-refractivity contribution >= 4 is 5.69 Å². The lowest BCUT2D eigenvalue weighted by Gasteiger charge is -2.21. The summed E-state index contributed by atoms with van der Waals surface area (Å²) in [5, 5.41) is 3.45. The van der Waals surface area contributed by atoms with E-state index in [1.807, 2.05) is 18.2 Å². The summed E-state index contributed by atoms with van der Waals surface area (Å²) in [6.07, 6.45) is 0. The van der Waals surface area contributed by atoms with E-state index in [2.05, 4.69) is 46.0 Å². The fourth-order valence-electron chi connectivity index (χ4n) is 1.36. The molecule has 0 aromatic heterocycles. The van der Waals surface area contributed by atoms with E-state index in [9.17, 15) is 0 Å². The molecule has 0 atom stereocenters. The molecule has 1 aromatic rings. The van der Waals surface area contributed by atoms with Crippen LogP contribution in [0.2, 0.25) is 0 Å². The van der Waals surface area contributed by atoms with Crippen LogP contribution < -0.4 is 10.1 Å². The Balaban J connectivity index is 2.64. The van der Waals surface area contributed by atoms with E-state index in [1.54, 1.807) is 0 Å². The van der Waals surface area contributed by atoms with Gasteiger partial charge in [-0.2, -0.15) is 0 Å². The number of hydrogen-bond acceptors (Lipinski definition) is 2. The van der Waals surface area contributed by atoms with Crippen LogP contribution in [0.15, 0.2) is 24.3 Å². The summed E-state index contributed by atoms with van der Waals surface area (Å²) >= 11 is 0. The second-order valence-corrected chi connectivity index (χ2v) is 6.12. The highest BCUT2D eigenvalue weighted by Crippen LogP contribution is 2.25. The van der Waals surface area contributed by atoms with Crippen LogP contribution in [0, 0.1) is 11.3 Å². The molecule has 2 heteroatoms. The maximum atomic E-state index is 5.80. The first-order valence-corrected chi connectivity index (χ1v) is 6.34. The summed E-state index contributed by atoms with van der Waals surface area (Å²) in [6.45, 7) is 12.7. The van der Waals surface area contributed by atoms with E-state index in [-0.39, 0.29) is 5.41 Å². The maximum absolute atomic E-state index is 5.80. The molecule has 0 amide bonds. The number of rotatable bonds is 5. The van der Waals surface area contributed by atoms with Crippen LogP contribution in [0.4, 0.5) is 5.69 Å². The molecule has 0 radical (unpaired) electrons. The van der Waals surface area contributed by atoms with Gasteiger partial charge in [0.2, 0.25) is 0 Å². The van der Waals surface area contributed by atoms with Crippen molar-refractivity contribution in [2.24, 2.45) is 11.3 Å². The number of hydrogen-bond donors (Lipinski definition) is 1. The molecule has 0 unspecified atom stereocenters. The lowest BCUT2D eigenvalue weighted by molar-refractivity contribution is 0.272. The van der Waals surface area contributed by atoms with Crippen molar-refractivity contribution in [3.8, 4) is 5.75 Å². The molecule has 17 heavy (non-hydrogen) atoms. The van der Waals surface area contributed by atoms with Gasteiger partial charge in [-0.15, -0.1) is 0 Å². The largest absolute Gasteiger partial charge is 0.491 e. The molecule has 0 bridgehead atoms. The quantitative estimate of drug-likeness (QED) is 0.826. The molecular weight excluding hydrogens is 210 g/mol. The topological polar surface area (TPSA) is 21.3 Å². The minimum Gasteiger partial charge on any atom is -0.491 e. The first kappa shape index (κ1) is 13.9. The highest BCUT2D eigenvalue weighted by Gasteiger charge is 2.11. The van der Waals surface area contributed by atoms with Crippen LogP contribution >= 0.6 is 0 Å². The van der Waals surface area contributed by atoms with Crippen LogP contribution in [-0.2, 0) is 0 Å². The fourth-order valence-corrected chi connectivity index (χ4v) is 1.36. The zero-order chi connectivity index (χ0) is 12.9. The van der Waals surface area contributed by atoms with E-state index in [0.717, 1.165) is 24.6 Å². The Hall–Kier alpha value is -1.18. The van der Waals surface area contributed by atoms with Crippen molar-refractivity contribution in [2.75, 3.05) is 18.5 Å². The Morgan fingerprint density at radius 1 is 1.18 bits per heavy atom. The molecular formula is C15H25NO. The molecule has 0 saturated heterocycles. The molecule has 0 aliphatic carbocycles. The molecule has 0 saturated carbocycles. The first-order chi connectivity index (χ1) is 7.88. The lowest BCUT2D eigenvalue weighted by Crippen LogP contribution is -2.19. The smallest absolute Gasteiger partial charge is 0.142 e. The third-order valence-electron chi connectivity index (χ3n) is 2.27. The molecule has 1 aromatic carbocycles. The second-order valence-electron chi connectivity index (χ2n) is 6.12. The maximum Gasteiger partial charge on any atom is 0.142 e. The molecule has 0 heterocycles. The number of nitrogens with one attached hydrogen (secondary N) is 1. The molecule has 0 aliphatic heterocycles. The van der Waals surface area contributed by atoms with Crippen LogP contribution in [-0.4, -0.2) is 13.2 Å². The number of benzene rings is 1. The van der Waals surface area contributed by atoms with Gasteiger partial charge in [-0.1, -0.05) is 46.8 Å². The zero-order valence-electron chi connectivity index (χ0n) is 11.7. The average molecular weight is 235 g/mol. The van der Waals surface area contributed by atoms with E-state index >= 15 is 0 Å². The molecule has 0 fully saturated rings. The van der Waals surface area contributed by atoms with Crippen LogP contribution in [0.1, 0.15) is 34.6 Å². The SMILES string of the molecule is CC(C)COc1ccccc1NCC(C)(C)C. The third-order valence-corrected chi connectivity index (χ3v) is 2.27. The Labute approximate surface area is 105 Å². The van der Waals surface area contributed by atoms with Crippen LogP contribution in [0.25, 0.3) is 0 Å². The van der Waals surface area contributed by atoms with Crippen molar-refractivity contribution in [3.63, 3.8) is 0 Å². The van der Waals surface area contributed by atoms with Crippen molar-refractivity contribution in [1.29, 1.82) is 0 Å². The van der Waals surface area contributed by atoms with E-state index in [1.165, 1.54) is 0 Å². The minimum atomic E-state index is 0.269. The van der Waals surface area contributed by atoms with Gasteiger partial charge < -0.3 is 10.1 Å². The monoisotopic (exact) mass is 235 g/mol. The lowest BCUT2D eigenvalue weighted by atomic mass is 9.97. The zero-order valence-corrected chi connectivity index (χ0v) is 11.7. The minimum absolute atomic E-state index is 0.269. The molecule has 0 aliphatic rings. The van der Waals surface area contributed by atoms with E-state index in [4.69, 9.17) is 4.74 Å². The number of ether oxygens (including phenoxy) is 1. The van der Waals surface area contributed by atoms with Crippen molar-refractivity contribution in [2.45, 2.75) is 34.6 Å². The van der Waals surface area contributed by atoms with Gasteiger partial charge >= 0.3 is 0 Å². The van der Waals surface area contributed by atoms with Gasteiger partial charge in [0.1, 0.15) is 5.75 Å². The van der Waals surface area contributed by atoms with Gasteiger partial charge in [-0.25, -0.2) is 0 Å². The molecule has 96 valence electrons. The van der Waals surface area contributed by atoms with Gasteiger partial charge in [-0.3, -0.25) is 0 Å². The predicted octanol–water partition coefficient (Wildman–Crippen LogP) is 4.18. The Morgan fingerprint density at radius 3 is 2.41 bits per heavy atom. The van der Waals surface area contributed by atoms with E-state index in [0.29, 0.717) is 5.92 Å². The molecule has 0 spiro atoms. The normalized spacial score (nSPS) is 11.6. The van der Waals surface area contributed by atoms with Gasteiger partial charge in [-0.05, 0) is 23.5 Å². The van der Waals surface area contributed by atoms with Crippen molar-refractivity contribution in [3.05, 3.63) is 24.3 Å². The predicted molar refractivity (Wildman–Crippen MR) is 74.7 cm³/mol. The molecule has 1 N–H and O–H groups in total. The van der Waals surface area contributed by atoms with Crippen molar-refractivity contribution < 1.29 is 4.74 Å². The van der Waals surface area contributed by atoms with Gasteiger partial charge in [0.05, 0.1) is 12.3 Å². The number of anilines is 1. The van der Waals surface area contributed by atoms with Gasteiger partial charge in [0.25, 0.3) is 0 Å². The third kappa shape index (κ3) is 5.62. The van der Waals surface area contributed by atoms with Crippen LogP contribution in [0.5, 0.6) is 5.75 Å². The average Bonchev–Trinajstić information content (AvgIpc) is 2.23. The molecule has 2 nitrogen and oxygen atoms in total.